The Hall–Kier alpha value is -1.25. The molecule has 0 aromatic carbocycles. The van der Waals surface area contributed by atoms with Gasteiger partial charge in [0.1, 0.15) is 0 Å². The molecule has 0 spiro atoms. The Balaban J connectivity index is 2.85. The van der Waals surface area contributed by atoms with Gasteiger partial charge >= 0.3 is 5.97 Å². The van der Waals surface area contributed by atoms with Crippen molar-refractivity contribution in [1.82, 2.24) is 0 Å². The van der Waals surface area contributed by atoms with Gasteiger partial charge in [-0.3, -0.25) is 0 Å². The Kier molecular flexibility index (Phi) is 1.76. The van der Waals surface area contributed by atoms with E-state index >= 15 is 0 Å². The van der Waals surface area contributed by atoms with Gasteiger partial charge in [-0.1, -0.05) is 0 Å². The minimum atomic E-state index is -0.370. The third-order valence-electron chi connectivity index (χ3n) is 1.18. The molecule has 0 aromatic rings. The predicted octanol–water partition coefficient (Wildman–Crippen LogP) is 0.977. The van der Waals surface area contributed by atoms with Gasteiger partial charge < -0.3 is 9.47 Å². The van der Waals surface area contributed by atoms with Crippen LogP contribution in [0.2, 0.25) is 0 Å². The van der Waals surface area contributed by atoms with Crippen LogP contribution >= 0.6 is 0 Å². The van der Waals surface area contributed by atoms with E-state index in [1.165, 1.54) is 13.2 Å². The number of ether oxygens (including phenoxy) is 2. The van der Waals surface area contributed by atoms with Gasteiger partial charge in [0, 0.05) is 0 Å². The second kappa shape index (κ2) is 2.56. The van der Waals surface area contributed by atoms with E-state index in [4.69, 9.17) is 9.47 Å². The standard InChI is InChI=1S/C7H8O3/c1-3-5-6(9-2)4-7(8)10-5/h3-4H,1-2H3. The van der Waals surface area contributed by atoms with Gasteiger partial charge in [0.25, 0.3) is 0 Å². The Morgan fingerprint density at radius 1 is 1.70 bits per heavy atom. The molecule has 1 heterocycles. The van der Waals surface area contributed by atoms with Crippen LogP contribution in [0.5, 0.6) is 0 Å². The molecule has 0 aliphatic carbocycles. The molecule has 0 atom stereocenters. The van der Waals surface area contributed by atoms with Crippen molar-refractivity contribution in [2.45, 2.75) is 6.92 Å². The molecule has 0 radical (unpaired) electrons. The molecule has 0 saturated heterocycles. The Morgan fingerprint density at radius 2 is 2.40 bits per heavy atom. The average molecular weight is 140 g/mol. The fourth-order valence-corrected chi connectivity index (χ4v) is 0.727. The van der Waals surface area contributed by atoms with Gasteiger partial charge in [-0.05, 0) is 13.0 Å². The zero-order chi connectivity index (χ0) is 7.56. The smallest absolute Gasteiger partial charge is 0.340 e. The lowest BCUT2D eigenvalue weighted by Crippen LogP contribution is -1.91. The van der Waals surface area contributed by atoms with E-state index in [0.717, 1.165) is 0 Å². The number of esters is 1. The van der Waals surface area contributed by atoms with Gasteiger partial charge in [-0.2, -0.15) is 0 Å². The van der Waals surface area contributed by atoms with Gasteiger partial charge in [-0.25, -0.2) is 4.79 Å². The molecule has 0 fully saturated rings. The van der Waals surface area contributed by atoms with Crippen LogP contribution in [0, 0.1) is 0 Å². The molecule has 1 rings (SSSR count). The second-order valence-electron chi connectivity index (χ2n) is 1.79. The third kappa shape index (κ3) is 1.03. The number of carbonyl (C=O) groups excluding carboxylic acids is 1. The number of hydrogen-bond donors (Lipinski definition) is 0. The Bertz CT molecular complexity index is 213. The van der Waals surface area contributed by atoms with Crippen molar-refractivity contribution < 1.29 is 14.3 Å². The van der Waals surface area contributed by atoms with E-state index in [1.807, 2.05) is 0 Å². The van der Waals surface area contributed by atoms with Gasteiger partial charge in [0.15, 0.2) is 11.5 Å². The van der Waals surface area contributed by atoms with E-state index < -0.39 is 0 Å². The second-order valence-corrected chi connectivity index (χ2v) is 1.79. The molecule has 0 saturated carbocycles. The summed E-state index contributed by atoms with van der Waals surface area (Å²) >= 11 is 0. The maximum absolute atomic E-state index is 10.6. The Morgan fingerprint density at radius 3 is 2.80 bits per heavy atom. The lowest BCUT2D eigenvalue weighted by molar-refractivity contribution is -0.132. The molecule has 3 heteroatoms. The van der Waals surface area contributed by atoms with Crippen molar-refractivity contribution in [1.29, 1.82) is 0 Å². The fourth-order valence-electron chi connectivity index (χ4n) is 0.727. The SMILES string of the molecule is CC=C1OC(=O)C=C1OC. The zero-order valence-electron chi connectivity index (χ0n) is 5.88. The normalized spacial score (nSPS) is 20.8. The number of allylic oxidation sites excluding steroid dienone is 1. The first-order chi connectivity index (χ1) is 4.77. The molecule has 3 nitrogen and oxygen atoms in total. The molecule has 0 N–H and O–H groups in total. The maximum atomic E-state index is 10.6. The minimum Gasteiger partial charge on any atom is -0.493 e. The summed E-state index contributed by atoms with van der Waals surface area (Å²) in [6.45, 7) is 1.78. The number of carbonyl (C=O) groups is 1. The van der Waals surface area contributed by atoms with Crippen LogP contribution < -0.4 is 0 Å². The van der Waals surface area contributed by atoms with Crippen LogP contribution in [-0.2, 0) is 14.3 Å². The topological polar surface area (TPSA) is 35.5 Å². The fraction of sp³-hybridized carbons (Fsp3) is 0.286. The molecule has 0 bridgehead atoms. The highest BCUT2D eigenvalue weighted by Crippen LogP contribution is 2.18. The molecular formula is C7H8O3. The van der Waals surface area contributed by atoms with Crippen LogP contribution in [0.4, 0.5) is 0 Å². The van der Waals surface area contributed by atoms with E-state index in [0.29, 0.717) is 11.5 Å². The van der Waals surface area contributed by atoms with E-state index in [2.05, 4.69) is 0 Å². The maximum Gasteiger partial charge on any atom is 0.340 e. The zero-order valence-corrected chi connectivity index (χ0v) is 5.88. The highest BCUT2D eigenvalue weighted by molar-refractivity contribution is 5.87. The summed E-state index contributed by atoms with van der Waals surface area (Å²) in [7, 11) is 1.50. The molecule has 1 aliphatic heterocycles. The van der Waals surface area contributed by atoms with E-state index in [1.54, 1.807) is 13.0 Å². The van der Waals surface area contributed by atoms with Crippen molar-refractivity contribution in [3.8, 4) is 0 Å². The molecular weight excluding hydrogens is 132 g/mol. The van der Waals surface area contributed by atoms with Crippen molar-refractivity contribution >= 4 is 5.97 Å². The summed E-state index contributed by atoms with van der Waals surface area (Å²) < 4.78 is 9.55. The van der Waals surface area contributed by atoms with Crippen LogP contribution in [0.1, 0.15) is 6.92 Å². The molecule has 54 valence electrons. The summed E-state index contributed by atoms with van der Waals surface area (Å²) in [4.78, 5) is 10.6. The van der Waals surface area contributed by atoms with Gasteiger partial charge in [0.2, 0.25) is 0 Å². The number of rotatable bonds is 1. The van der Waals surface area contributed by atoms with Crippen molar-refractivity contribution in [2.75, 3.05) is 7.11 Å². The summed E-state index contributed by atoms with van der Waals surface area (Å²) in [5, 5.41) is 0. The summed E-state index contributed by atoms with van der Waals surface area (Å²) in [6.07, 6.45) is 3.00. The summed E-state index contributed by atoms with van der Waals surface area (Å²) in [5.74, 6) is 0.616. The molecule has 1 aliphatic rings. The van der Waals surface area contributed by atoms with E-state index in [9.17, 15) is 4.79 Å². The first-order valence-corrected chi connectivity index (χ1v) is 2.92. The van der Waals surface area contributed by atoms with Crippen LogP contribution in [-0.4, -0.2) is 13.1 Å². The highest BCUT2D eigenvalue weighted by atomic mass is 16.6. The van der Waals surface area contributed by atoms with Gasteiger partial charge in [-0.15, -0.1) is 0 Å². The van der Waals surface area contributed by atoms with Crippen LogP contribution in [0.25, 0.3) is 0 Å². The van der Waals surface area contributed by atoms with Crippen LogP contribution in [0.15, 0.2) is 23.7 Å². The molecule has 0 unspecified atom stereocenters. The first kappa shape index (κ1) is 6.86. The first-order valence-electron chi connectivity index (χ1n) is 2.92. The summed E-state index contributed by atoms with van der Waals surface area (Å²) in [5.41, 5.74) is 0. The minimum absolute atomic E-state index is 0.370. The van der Waals surface area contributed by atoms with Gasteiger partial charge in [0.05, 0.1) is 13.2 Å². The molecule has 10 heavy (non-hydrogen) atoms. The number of methoxy groups -OCH3 is 1. The average Bonchev–Trinajstić information content (AvgIpc) is 2.30. The quantitative estimate of drug-likeness (QED) is 0.509. The lowest BCUT2D eigenvalue weighted by atomic mass is 10.4. The predicted molar refractivity (Wildman–Crippen MR) is 34.9 cm³/mol. The summed E-state index contributed by atoms with van der Waals surface area (Å²) in [6, 6.07) is 0. The monoisotopic (exact) mass is 140 g/mol. The largest absolute Gasteiger partial charge is 0.493 e. The van der Waals surface area contributed by atoms with Crippen molar-refractivity contribution in [3.05, 3.63) is 23.7 Å². The lowest BCUT2D eigenvalue weighted by Gasteiger charge is -1.99. The molecule has 0 amide bonds. The highest BCUT2D eigenvalue weighted by Gasteiger charge is 2.19. The Labute approximate surface area is 58.9 Å². The third-order valence-corrected chi connectivity index (χ3v) is 1.18. The van der Waals surface area contributed by atoms with Crippen molar-refractivity contribution in [3.63, 3.8) is 0 Å². The van der Waals surface area contributed by atoms with E-state index in [-0.39, 0.29) is 5.97 Å². The van der Waals surface area contributed by atoms with Crippen LogP contribution in [0.3, 0.4) is 0 Å². The number of cyclic esters (lactones) is 1. The van der Waals surface area contributed by atoms with Crippen molar-refractivity contribution in [2.24, 2.45) is 0 Å². The number of hydrogen-bond acceptors (Lipinski definition) is 3. The molecule has 0 aromatic heterocycles.